The monoisotopic (exact) mass is 282 g/mol. The van der Waals surface area contributed by atoms with Gasteiger partial charge in [0.1, 0.15) is 11.4 Å². The number of allylic oxidation sites excluding steroid dienone is 3. The lowest BCUT2D eigenvalue weighted by Crippen LogP contribution is -2.34. The minimum absolute atomic E-state index is 0.234. The molecule has 0 radical (unpaired) electrons. The van der Waals surface area contributed by atoms with E-state index in [1.54, 1.807) is 22.7 Å². The van der Waals surface area contributed by atoms with E-state index in [-0.39, 0.29) is 5.91 Å². The zero-order valence-corrected chi connectivity index (χ0v) is 11.3. The minimum atomic E-state index is -1.48. The average molecular weight is 283 g/mol. The zero-order chi connectivity index (χ0) is 12.9. The Balaban J connectivity index is 2.21. The summed E-state index contributed by atoms with van der Waals surface area (Å²) < 4.78 is 14.0. The molecule has 3 heterocycles. The summed E-state index contributed by atoms with van der Waals surface area (Å²) in [4.78, 5) is 12.1. The molecule has 94 valence electrons. The first-order chi connectivity index (χ1) is 8.63. The van der Waals surface area contributed by atoms with Crippen molar-refractivity contribution < 1.29 is 9.35 Å². The summed E-state index contributed by atoms with van der Waals surface area (Å²) in [5, 5.41) is 3.33. The third-order valence-corrected chi connectivity index (χ3v) is 4.86. The Bertz CT molecular complexity index is 562. The zero-order valence-electron chi connectivity index (χ0n) is 9.70. The van der Waals surface area contributed by atoms with Crippen LogP contribution in [0.1, 0.15) is 13.3 Å². The van der Waals surface area contributed by atoms with E-state index in [2.05, 4.69) is 5.32 Å². The van der Waals surface area contributed by atoms with E-state index >= 15 is 0 Å². The van der Waals surface area contributed by atoms with Crippen molar-refractivity contribution >= 4 is 28.9 Å². The van der Waals surface area contributed by atoms with Crippen LogP contribution in [-0.2, 0) is 16.2 Å². The van der Waals surface area contributed by atoms with Gasteiger partial charge in [0, 0.05) is 17.2 Å². The van der Waals surface area contributed by atoms with Crippen LogP contribution in [0.3, 0.4) is 0 Å². The first-order valence-corrected chi connectivity index (χ1v) is 7.13. The fourth-order valence-corrected chi connectivity index (χ4v) is 3.87. The molecule has 4 nitrogen and oxygen atoms in total. The number of rotatable bonds is 1. The number of nitrogens with one attached hydrogen (secondary N) is 1. The van der Waals surface area contributed by atoms with Gasteiger partial charge in [0.25, 0.3) is 0 Å². The molecule has 1 amide bonds. The number of carbonyl (C=O) groups is 1. The molecule has 3 aliphatic heterocycles. The van der Waals surface area contributed by atoms with E-state index in [1.165, 1.54) is 0 Å². The van der Waals surface area contributed by atoms with Gasteiger partial charge < -0.3 is 9.87 Å². The second-order valence-electron chi connectivity index (χ2n) is 4.13. The largest absolute Gasteiger partial charge is 0.587 e. The van der Waals surface area contributed by atoms with Crippen LogP contribution in [0, 0.1) is 0 Å². The van der Waals surface area contributed by atoms with Crippen molar-refractivity contribution in [2.24, 2.45) is 0 Å². The van der Waals surface area contributed by atoms with Gasteiger partial charge in [-0.3, -0.25) is 4.79 Å². The predicted molar refractivity (Wildman–Crippen MR) is 70.4 cm³/mol. The van der Waals surface area contributed by atoms with E-state index in [9.17, 15) is 9.35 Å². The highest BCUT2D eigenvalue weighted by molar-refractivity contribution is 7.94. The minimum Gasteiger partial charge on any atom is -0.587 e. The number of carbonyl (C=O) groups excluding carboxylic acids is 1. The van der Waals surface area contributed by atoms with E-state index < -0.39 is 11.4 Å². The van der Waals surface area contributed by atoms with Crippen LogP contribution in [0.2, 0.25) is 0 Å². The molecule has 6 heteroatoms. The standard InChI is InChI=1S/C12H11ClN2O2S/c1-2-8-9-6-14-12(16)11(9)18(17)15-4-3-7(13)5-10(8)15/h3-5H,2,6H2,1H3,(H,14,16). The number of amides is 1. The molecule has 0 aliphatic carbocycles. The average Bonchev–Trinajstić information content (AvgIpc) is 2.72. The molecule has 18 heavy (non-hydrogen) atoms. The Morgan fingerprint density at radius 1 is 1.61 bits per heavy atom. The smallest absolute Gasteiger partial charge is 0.302 e. The Kier molecular flexibility index (Phi) is 2.77. The third-order valence-electron chi connectivity index (χ3n) is 3.17. The van der Waals surface area contributed by atoms with E-state index in [4.69, 9.17) is 11.6 Å². The highest BCUT2D eigenvalue weighted by Gasteiger charge is 2.44. The molecule has 0 bridgehead atoms. The topological polar surface area (TPSA) is 55.4 Å². The molecule has 0 saturated carbocycles. The van der Waals surface area contributed by atoms with Crippen LogP contribution < -0.4 is 5.32 Å². The lowest BCUT2D eigenvalue weighted by molar-refractivity contribution is -0.116. The molecule has 0 spiro atoms. The predicted octanol–water partition coefficient (Wildman–Crippen LogP) is 1.66. The van der Waals surface area contributed by atoms with Gasteiger partial charge >= 0.3 is 5.91 Å². The first-order valence-electron chi connectivity index (χ1n) is 5.65. The molecule has 1 unspecified atom stereocenters. The molecule has 0 aromatic rings. The fourth-order valence-electron chi connectivity index (χ4n) is 2.37. The molecule has 1 atom stereocenters. The summed E-state index contributed by atoms with van der Waals surface area (Å²) in [5.74, 6) is -0.234. The van der Waals surface area contributed by atoms with Crippen LogP contribution in [0.5, 0.6) is 0 Å². The highest BCUT2D eigenvalue weighted by atomic mass is 35.5. The van der Waals surface area contributed by atoms with Crippen molar-refractivity contribution in [2.45, 2.75) is 13.3 Å². The normalized spacial score (nSPS) is 26.2. The molecule has 0 aromatic carbocycles. The number of halogens is 1. The quantitative estimate of drug-likeness (QED) is 0.744. The van der Waals surface area contributed by atoms with Gasteiger partial charge in [0.2, 0.25) is 4.91 Å². The highest BCUT2D eigenvalue weighted by Crippen LogP contribution is 2.40. The summed E-state index contributed by atoms with van der Waals surface area (Å²) >= 11 is 4.52. The molecular formula is C12H11ClN2O2S. The van der Waals surface area contributed by atoms with E-state index in [1.807, 2.05) is 6.92 Å². The summed E-state index contributed by atoms with van der Waals surface area (Å²) in [6.07, 6.45) is 5.91. The van der Waals surface area contributed by atoms with Crippen molar-refractivity contribution in [1.29, 1.82) is 0 Å². The van der Waals surface area contributed by atoms with Gasteiger partial charge in [-0.05, 0) is 24.1 Å². The SMILES string of the molecule is CCC1=C2C=C(Cl)C=CN2[S+]([O-])C2=C1CNC2=O. The van der Waals surface area contributed by atoms with Crippen LogP contribution in [0.4, 0.5) is 0 Å². The number of hydrogen-bond acceptors (Lipinski definition) is 3. The van der Waals surface area contributed by atoms with Crippen molar-refractivity contribution in [1.82, 2.24) is 9.62 Å². The number of hydrogen-bond donors (Lipinski definition) is 1. The third kappa shape index (κ3) is 1.55. The van der Waals surface area contributed by atoms with Gasteiger partial charge in [0.05, 0.1) is 11.9 Å². The molecular weight excluding hydrogens is 272 g/mol. The number of nitrogens with zero attached hydrogens (tertiary/aromatic N) is 1. The van der Waals surface area contributed by atoms with Gasteiger partial charge in [-0.2, -0.15) is 4.31 Å². The Labute approximate surface area is 113 Å². The van der Waals surface area contributed by atoms with Crippen LogP contribution in [-0.4, -0.2) is 21.3 Å². The van der Waals surface area contributed by atoms with Crippen molar-refractivity contribution in [3.05, 3.63) is 45.1 Å². The number of fused-ring (bicyclic) bond motifs is 1. The fraction of sp³-hybridized carbons (Fsp3) is 0.250. The maximum atomic E-state index is 12.4. The summed E-state index contributed by atoms with van der Waals surface area (Å²) in [5.41, 5.74) is 2.73. The summed E-state index contributed by atoms with van der Waals surface area (Å²) in [6, 6.07) is 0. The molecule has 3 aliphatic rings. The van der Waals surface area contributed by atoms with Gasteiger partial charge in [-0.15, -0.1) is 0 Å². The molecule has 0 fully saturated rings. The van der Waals surface area contributed by atoms with Crippen LogP contribution in [0.25, 0.3) is 0 Å². The summed E-state index contributed by atoms with van der Waals surface area (Å²) in [7, 11) is 0. The van der Waals surface area contributed by atoms with Gasteiger partial charge in [-0.25, -0.2) is 0 Å². The van der Waals surface area contributed by atoms with Crippen molar-refractivity contribution in [2.75, 3.05) is 6.54 Å². The van der Waals surface area contributed by atoms with Gasteiger partial charge in [0.15, 0.2) is 0 Å². The van der Waals surface area contributed by atoms with E-state index in [0.717, 1.165) is 23.3 Å². The molecule has 0 aromatic heterocycles. The summed E-state index contributed by atoms with van der Waals surface area (Å²) in [6.45, 7) is 2.47. The molecule has 0 saturated heterocycles. The lowest BCUT2D eigenvalue weighted by Gasteiger charge is -2.31. The molecule has 3 rings (SSSR count). The maximum absolute atomic E-state index is 12.4. The van der Waals surface area contributed by atoms with Crippen LogP contribution in [0.15, 0.2) is 45.1 Å². The second kappa shape index (κ2) is 4.19. The molecule has 1 N–H and O–H groups in total. The second-order valence-corrected chi connectivity index (χ2v) is 5.86. The Hall–Kier alpha value is -1.17. The Morgan fingerprint density at radius 3 is 3.11 bits per heavy atom. The lowest BCUT2D eigenvalue weighted by atomic mass is 10.0. The van der Waals surface area contributed by atoms with Gasteiger partial charge in [-0.1, -0.05) is 18.5 Å². The van der Waals surface area contributed by atoms with E-state index in [0.29, 0.717) is 16.5 Å². The maximum Gasteiger partial charge on any atom is 0.302 e. The first kappa shape index (κ1) is 11.9. The van der Waals surface area contributed by atoms with Crippen LogP contribution >= 0.6 is 11.6 Å². The van der Waals surface area contributed by atoms with Crippen molar-refractivity contribution in [3.63, 3.8) is 0 Å². The Morgan fingerprint density at radius 2 is 2.39 bits per heavy atom. The van der Waals surface area contributed by atoms with Crippen molar-refractivity contribution in [3.8, 4) is 0 Å².